The molecule has 0 aliphatic heterocycles. The SMILES string of the molecule is Cc1c(F)cccc1[C@]1(C(=O)NO)CCC(c2ccc3c(F)nn(C)c3c2)C1. The third-order valence-electron chi connectivity index (χ3n) is 6.14. The molecule has 2 atom stereocenters. The van der Waals surface area contributed by atoms with Crippen LogP contribution in [0.4, 0.5) is 8.78 Å². The average Bonchev–Trinajstić information content (AvgIpc) is 3.26. The molecule has 1 aliphatic carbocycles. The molecule has 0 spiro atoms. The van der Waals surface area contributed by atoms with E-state index in [0.717, 1.165) is 5.56 Å². The number of benzene rings is 2. The van der Waals surface area contributed by atoms with Crippen LogP contribution >= 0.6 is 0 Å². The van der Waals surface area contributed by atoms with Crippen molar-refractivity contribution in [3.8, 4) is 0 Å². The summed E-state index contributed by atoms with van der Waals surface area (Å²) >= 11 is 0. The summed E-state index contributed by atoms with van der Waals surface area (Å²) in [5.74, 6) is -1.41. The predicted octanol–water partition coefficient (Wildman–Crippen LogP) is 3.87. The monoisotopic (exact) mass is 385 g/mol. The van der Waals surface area contributed by atoms with Gasteiger partial charge in [-0.25, -0.2) is 9.87 Å². The fraction of sp³-hybridized carbons (Fsp3) is 0.333. The number of amides is 1. The minimum atomic E-state index is -1.02. The Bertz CT molecular complexity index is 1080. The Morgan fingerprint density at radius 2 is 2.11 bits per heavy atom. The summed E-state index contributed by atoms with van der Waals surface area (Å²) in [6.45, 7) is 1.65. The Morgan fingerprint density at radius 3 is 2.86 bits per heavy atom. The zero-order valence-corrected chi connectivity index (χ0v) is 15.7. The van der Waals surface area contributed by atoms with E-state index in [1.54, 1.807) is 37.7 Å². The lowest BCUT2D eigenvalue weighted by atomic mass is 9.75. The Labute approximate surface area is 160 Å². The maximum atomic E-state index is 14.2. The van der Waals surface area contributed by atoms with Gasteiger partial charge in [0.05, 0.1) is 16.3 Å². The second-order valence-electron chi connectivity index (χ2n) is 7.57. The summed E-state index contributed by atoms with van der Waals surface area (Å²) in [7, 11) is 1.68. The van der Waals surface area contributed by atoms with Gasteiger partial charge in [-0.05, 0) is 67.0 Å². The number of nitrogens with one attached hydrogen (secondary N) is 1. The van der Waals surface area contributed by atoms with E-state index in [9.17, 15) is 18.8 Å². The number of hydroxylamine groups is 1. The van der Waals surface area contributed by atoms with Gasteiger partial charge in [0, 0.05) is 7.05 Å². The average molecular weight is 385 g/mol. The van der Waals surface area contributed by atoms with E-state index in [4.69, 9.17) is 0 Å². The van der Waals surface area contributed by atoms with Gasteiger partial charge in [-0.3, -0.25) is 14.7 Å². The van der Waals surface area contributed by atoms with Crippen molar-refractivity contribution in [3.05, 3.63) is 64.9 Å². The highest BCUT2D eigenvalue weighted by molar-refractivity contribution is 5.88. The van der Waals surface area contributed by atoms with Crippen LogP contribution in [0.3, 0.4) is 0 Å². The molecule has 1 saturated carbocycles. The van der Waals surface area contributed by atoms with Crippen LogP contribution < -0.4 is 5.48 Å². The van der Waals surface area contributed by atoms with Gasteiger partial charge in [-0.2, -0.15) is 4.39 Å². The third kappa shape index (κ3) is 2.69. The van der Waals surface area contributed by atoms with Crippen molar-refractivity contribution >= 4 is 16.8 Å². The summed E-state index contributed by atoms with van der Waals surface area (Å²) in [5, 5.41) is 13.6. The summed E-state index contributed by atoms with van der Waals surface area (Å²) in [6, 6.07) is 10.1. The smallest absolute Gasteiger partial charge is 0.254 e. The zero-order chi connectivity index (χ0) is 20.1. The molecular formula is C21H21F2N3O2. The molecule has 1 heterocycles. The molecule has 2 aromatic carbocycles. The zero-order valence-electron chi connectivity index (χ0n) is 15.7. The predicted molar refractivity (Wildman–Crippen MR) is 100 cm³/mol. The number of aromatic nitrogens is 2. The second kappa shape index (κ2) is 6.67. The third-order valence-corrected chi connectivity index (χ3v) is 6.14. The lowest BCUT2D eigenvalue weighted by molar-refractivity contribution is -0.135. The fourth-order valence-corrected chi connectivity index (χ4v) is 4.62. The molecule has 3 aromatic rings. The number of carbonyl (C=O) groups is 1. The van der Waals surface area contributed by atoms with Crippen molar-refractivity contribution in [2.45, 2.75) is 37.5 Å². The molecule has 1 aliphatic rings. The Morgan fingerprint density at radius 1 is 1.32 bits per heavy atom. The van der Waals surface area contributed by atoms with Crippen molar-refractivity contribution in [2.75, 3.05) is 0 Å². The first-order chi connectivity index (χ1) is 13.4. The van der Waals surface area contributed by atoms with E-state index in [2.05, 4.69) is 5.10 Å². The molecule has 0 bridgehead atoms. The molecule has 146 valence electrons. The van der Waals surface area contributed by atoms with Gasteiger partial charge in [0.2, 0.25) is 5.95 Å². The highest BCUT2D eigenvalue weighted by Crippen LogP contribution is 2.50. The summed E-state index contributed by atoms with van der Waals surface area (Å²) < 4.78 is 29.5. The van der Waals surface area contributed by atoms with Gasteiger partial charge >= 0.3 is 0 Å². The van der Waals surface area contributed by atoms with Crippen LogP contribution in [-0.2, 0) is 17.3 Å². The minimum absolute atomic E-state index is 0.0160. The minimum Gasteiger partial charge on any atom is -0.289 e. The van der Waals surface area contributed by atoms with Gasteiger partial charge in [0.1, 0.15) is 5.82 Å². The highest BCUT2D eigenvalue weighted by atomic mass is 19.1. The summed E-state index contributed by atoms with van der Waals surface area (Å²) in [6.07, 6.45) is 1.59. The Hall–Kier alpha value is -2.80. The molecule has 1 unspecified atom stereocenters. The molecule has 0 radical (unpaired) electrons. The van der Waals surface area contributed by atoms with Crippen LogP contribution in [0, 0.1) is 18.7 Å². The number of fused-ring (bicyclic) bond motifs is 1. The van der Waals surface area contributed by atoms with Crippen molar-refractivity contribution in [1.82, 2.24) is 15.3 Å². The molecular weight excluding hydrogens is 364 g/mol. The van der Waals surface area contributed by atoms with E-state index < -0.39 is 17.3 Å². The summed E-state index contributed by atoms with van der Waals surface area (Å²) in [5.41, 5.74) is 3.42. The quantitative estimate of drug-likeness (QED) is 0.531. The van der Waals surface area contributed by atoms with Crippen molar-refractivity contribution in [1.29, 1.82) is 0 Å². The van der Waals surface area contributed by atoms with Crippen molar-refractivity contribution < 1.29 is 18.8 Å². The molecule has 0 saturated heterocycles. The van der Waals surface area contributed by atoms with Crippen LogP contribution in [0.1, 0.15) is 41.9 Å². The topological polar surface area (TPSA) is 67.2 Å². The number of carbonyl (C=O) groups excluding carboxylic acids is 1. The molecule has 1 amide bonds. The van der Waals surface area contributed by atoms with Crippen LogP contribution in [0.15, 0.2) is 36.4 Å². The molecule has 1 fully saturated rings. The molecule has 1 aromatic heterocycles. The van der Waals surface area contributed by atoms with Gasteiger partial charge in [0.25, 0.3) is 5.91 Å². The number of halogens is 2. The van der Waals surface area contributed by atoms with Crippen LogP contribution in [0.2, 0.25) is 0 Å². The van der Waals surface area contributed by atoms with E-state index in [-0.39, 0.29) is 11.7 Å². The van der Waals surface area contributed by atoms with E-state index in [1.807, 2.05) is 12.1 Å². The fourth-order valence-electron chi connectivity index (χ4n) is 4.62. The van der Waals surface area contributed by atoms with Gasteiger partial charge in [-0.1, -0.05) is 18.2 Å². The molecule has 7 heteroatoms. The van der Waals surface area contributed by atoms with E-state index in [0.29, 0.717) is 41.3 Å². The number of rotatable bonds is 3. The largest absolute Gasteiger partial charge is 0.289 e. The molecule has 2 N–H and O–H groups in total. The number of aryl methyl sites for hydroxylation is 1. The van der Waals surface area contributed by atoms with Crippen LogP contribution in [0.25, 0.3) is 10.9 Å². The first-order valence-corrected chi connectivity index (χ1v) is 9.19. The lowest BCUT2D eigenvalue weighted by Gasteiger charge is -2.29. The maximum Gasteiger partial charge on any atom is 0.254 e. The molecule has 5 nitrogen and oxygen atoms in total. The van der Waals surface area contributed by atoms with E-state index in [1.165, 1.54) is 10.7 Å². The first-order valence-electron chi connectivity index (χ1n) is 9.19. The maximum absolute atomic E-state index is 14.2. The van der Waals surface area contributed by atoms with Crippen LogP contribution in [-0.4, -0.2) is 20.9 Å². The lowest BCUT2D eigenvalue weighted by Crippen LogP contribution is -2.42. The van der Waals surface area contributed by atoms with Crippen molar-refractivity contribution in [2.24, 2.45) is 7.05 Å². The van der Waals surface area contributed by atoms with Gasteiger partial charge in [-0.15, -0.1) is 5.10 Å². The van der Waals surface area contributed by atoms with Gasteiger partial charge in [0.15, 0.2) is 0 Å². The highest BCUT2D eigenvalue weighted by Gasteiger charge is 2.48. The van der Waals surface area contributed by atoms with Crippen molar-refractivity contribution in [3.63, 3.8) is 0 Å². The Balaban J connectivity index is 1.76. The number of nitrogens with zero attached hydrogens (tertiary/aromatic N) is 2. The normalized spacial score (nSPS) is 22.0. The van der Waals surface area contributed by atoms with Gasteiger partial charge < -0.3 is 0 Å². The van der Waals surface area contributed by atoms with E-state index >= 15 is 0 Å². The molecule has 4 rings (SSSR count). The Kier molecular flexibility index (Phi) is 4.42. The number of hydrogen-bond acceptors (Lipinski definition) is 3. The standard InChI is InChI=1S/C21H21F2N3O2/c1-12-16(4-3-5-17(12)22)21(20(27)25-28)9-8-14(11-21)13-6-7-15-18(10-13)26(2)24-19(15)23/h3-7,10,14,28H,8-9,11H2,1-2H3,(H,25,27)/t14?,21-/m0/s1. The van der Waals surface area contributed by atoms with Crippen LogP contribution in [0.5, 0.6) is 0 Å². The first kappa shape index (κ1) is 18.6. The summed E-state index contributed by atoms with van der Waals surface area (Å²) in [4.78, 5) is 12.7. The number of hydrogen-bond donors (Lipinski definition) is 2. The second-order valence-corrected chi connectivity index (χ2v) is 7.57. The molecule has 28 heavy (non-hydrogen) atoms.